The molecule has 132 valence electrons. The third-order valence-corrected chi connectivity index (χ3v) is 3.56. The first-order valence-electron chi connectivity index (χ1n) is 7.82. The lowest BCUT2D eigenvalue weighted by molar-refractivity contribution is -0.134. The average molecular weight is 343 g/mol. The Kier molecular flexibility index (Phi) is 5.94. The van der Waals surface area contributed by atoms with Crippen molar-refractivity contribution in [2.75, 3.05) is 18.9 Å². The largest absolute Gasteiger partial charge is 0.459 e. The van der Waals surface area contributed by atoms with E-state index in [1.54, 1.807) is 25.1 Å². The molecular weight excluding hydrogens is 322 g/mol. The number of anilines is 1. The molecule has 2 N–H and O–H groups in total. The van der Waals surface area contributed by atoms with Crippen LogP contribution in [-0.2, 0) is 9.59 Å². The average Bonchev–Trinajstić information content (AvgIpc) is 3.10. The van der Waals surface area contributed by atoms with Gasteiger partial charge in [0.2, 0.25) is 11.8 Å². The van der Waals surface area contributed by atoms with Crippen molar-refractivity contribution in [3.8, 4) is 0 Å². The van der Waals surface area contributed by atoms with Crippen molar-refractivity contribution in [1.29, 1.82) is 0 Å². The van der Waals surface area contributed by atoms with Gasteiger partial charge in [-0.2, -0.15) is 0 Å². The predicted molar refractivity (Wildman–Crippen MR) is 93.1 cm³/mol. The lowest BCUT2D eigenvalue weighted by Crippen LogP contribution is -2.47. The molecule has 1 atom stereocenters. The minimum absolute atomic E-state index is 0.117. The zero-order valence-electron chi connectivity index (χ0n) is 14.4. The molecule has 0 saturated heterocycles. The first-order valence-corrected chi connectivity index (χ1v) is 7.82. The van der Waals surface area contributed by atoms with Gasteiger partial charge in [0.15, 0.2) is 5.76 Å². The van der Waals surface area contributed by atoms with E-state index >= 15 is 0 Å². The van der Waals surface area contributed by atoms with Crippen LogP contribution in [0.25, 0.3) is 0 Å². The summed E-state index contributed by atoms with van der Waals surface area (Å²) in [6.45, 7) is 3.39. The summed E-state index contributed by atoms with van der Waals surface area (Å²) in [5.74, 6) is -1.05. The van der Waals surface area contributed by atoms with Crippen molar-refractivity contribution < 1.29 is 18.8 Å². The van der Waals surface area contributed by atoms with Crippen LogP contribution in [0.5, 0.6) is 0 Å². The fourth-order valence-electron chi connectivity index (χ4n) is 2.20. The van der Waals surface area contributed by atoms with Crippen molar-refractivity contribution in [3.05, 3.63) is 54.0 Å². The Morgan fingerprint density at radius 3 is 2.44 bits per heavy atom. The predicted octanol–water partition coefficient (Wildman–Crippen LogP) is 1.80. The number of hydrogen-bond acceptors (Lipinski definition) is 4. The molecule has 7 heteroatoms. The van der Waals surface area contributed by atoms with E-state index in [0.29, 0.717) is 5.69 Å². The van der Waals surface area contributed by atoms with E-state index in [9.17, 15) is 14.4 Å². The SMILES string of the molecule is Cc1ccc(NC(=O)CN(C)C(=O)C(C)NC(=O)c2ccco2)cc1. The van der Waals surface area contributed by atoms with Crippen LogP contribution in [0, 0.1) is 6.92 Å². The number of aryl methyl sites for hydroxylation is 1. The Bertz CT molecular complexity index is 738. The van der Waals surface area contributed by atoms with Gasteiger partial charge in [-0.1, -0.05) is 17.7 Å². The normalized spacial score (nSPS) is 11.5. The molecule has 0 aliphatic carbocycles. The van der Waals surface area contributed by atoms with Gasteiger partial charge in [0, 0.05) is 12.7 Å². The summed E-state index contributed by atoms with van der Waals surface area (Å²) in [5.41, 5.74) is 1.75. The Balaban J connectivity index is 1.85. The molecule has 0 spiro atoms. The highest BCUT2D eigenvalue weighted by Crippen LogP contribution is 2.08. The van der Waals surface area contributed by atoms with Crippen molar-refractivity contribution in [3.63, 3.8) is 0 Å². The molecule has 0 aliphatic heterocycles. The lowest BCUT2D eigenvalue weighted by atomic mass is 10.2. The Labute approximate surface area is 146 Å². The van der Waals surface area contributed by atoms with E-state index in [1.165, 1.54) is 24.3 Å². The van der Waals surface area contributed by atoms with Gasteiger partial charge in [0.05, 0.1) is 12.8 Å². The quantitative estimate of drug-likeness (QED) is 0.837. The summed E-state index contributed by atoms with van der Waals surface area (Å²) in [6, 6.07) is 9.67. The Morgan fingerprint density at radius 2 is 1.84 bits per heavy atom. The first kappa shape index (κ1) is 18.3. The monoisotopic (exact) mass is 343 g/mol. The summed E-state index contributed by atoms with van der Waals surface area (Å²) < 4.78 is 4.97. The summed E-state index contributed by atoms with van der Waals surface area (Å²) in [5, 5.41) is 5.26. The number of hydrogen-bond donors (Lipinski definition) is 2. The van der Waals surface area contributed by atoms with Gasteiger partial charge in [0.1, 0.15) is 6.04 Å². The highest BCUT2D eigenvalue weighted by atomic mass is 16.3. The van der Waals surface area contributed by atoms with Crippen LogP contribution in [-0.4, -0.2) is 42.3 Å². The Hall–Kier alpha value is -3.09. The lowest BCUT2D eigenvalue weighted by Gasteiger charge is -2.21. The number of nitrogens with one attached hydrogen (secondary N) is 2. The molecule has 0 fully saturated rings. The molecule has 2 aromatic rings. The highest BCUT2D eigenvalue weighted by Gasteiger charge is 2.22. The number of rotatable bonds is 6. The second-order valence-electron chi connectivity index (χ2n) is 5.78. The second-order valence-corrected chi connectivity index (χ2v) is 5.78. The maximum atomic E-state index is 12.3. The molecule has 1 unspecified atom stereocenters. The number of furan rings is 1. The number of benzene rings is 1. The first-order chi connectivity index (χ1) is 11.9. The minimum Gasteiger partial charge on any atom is -0.459 e. The fourth-order valence-corrected chi connectivity index (χ4v) is 2.20. The van der Waals surface area contributed by atoms with Gasteiger partial charge in [-0.3, -0.25) is 14.4 Å². The maximum absolute atomic E-state index is 12.3. The van der Waals surface area contributed by atoms with Gasteiger partial charge in [-0.05, 0) is 38.1 Å². The third-order valence-electron chi connectivity index (χ3n) is 3.56. The molecule has 2 rings (SSSR count). The number of nitrogens with zero attached hydrogens (tertiary/aromatic N) is 1. The van der Waals surface area contributed by atoms with Gasteiger partial charge >= 0.3 is 0 Å². The van der Waals surface area contributed by atoms with E-state index in [2.05, 4.69) is 10.6 Å². The summed E-state index contributed by atoms with van der Waals surface area (Å²) >= 11 is 0. The molecular formula is C18H21N3O4. The third kappa shape index (κ3) is 5.20. The van der Waals surface area contributed by atoms with Crippen LogP contribution in [0.2, 0.25) is 0 Å². The molecule has 1 aromatic carbocycles. The van der Waals surface area contributed by atoms with Crippen LogP contribution in [0.15, 0.2) is 47.1 Å². The molecule has 3 amide bonds. The van der Waals surface area contributed by atoms with Crippen LogP contribution in [0.1, 0.15) is 23.0 Å². The smallest absolute Gasteiger partial charge is 0.287 e. The number of amides is 3. The summed E-state index contributed by atoms with van der Waals surface area (Å²) in [4.78, 5) is 37.5. The van der Waals surface area contributed by atoms with E-state index in [0.717, 1.165) is 5.56 Å². The molecule has 0 aliphatic rings. The second kappa shape index (κ2) is 8.14. The maximum Gasteiger partial charge on any atom is 0.287 e. The van der Waals surface area contributed by atoms with Gasteiger partial charge in [0.25, 0.3) is 5.91 Å². The molecule has 0 bridgehead atoms. The molecule has 7 nitrogen and oxygen atoms in total. The van der Waals surface area contributed by atoms with E-state index in [1.807, 2.05) is 19.1 Å². The number of carbonyl (C=O) groups is 3. The van der Waals surface area contributed by atoms with Crippen LogP contribution in [0.3, 0.4) is 0 Å². The van der Waals surface area contributed by atoms with E-state index in [4.69, 9.17) is 4.42 Å². The minimum atomic E-state index is -0.783. The van der Waals surface area contributed by atoms with E-state index in [-0.39, 0.29) is 24.1 Å². The van der Waals surface area contributed by atoms with E-state index < -0.39 is 11.9 Å². The summed E-state index contributed by atoms with van der Waals surface area (Å²) in [7, 11) is 1.51. The van der Waals surface area contributed by atoms with Crippen molar-refractivity contribution in [1.82, 2.24) is 10.2 Å². The van der Waals surface area contributed by atoms with Gasteiger partial charge < -0.3 is 20.0 Å². The van der Waals surface area contributed by atoms with Crippen LogP contribution < -0.4 is 10.6 Å². The molecule has 25 heavy (non-hydrogen) atoms. The molecule has 1 aromatic heterocycles. The number of carbonyl (C=O) groups excluding carboxylic acids is 3. The molecule has 0 saturated carbocycles. The van der Waals surface area contributed by atoms with Gasteiger partial charge in [-0.25, -0.2) is 0 Å². The van der Waals surface area contributed by atoms with Crippen molar-refractivity contribution in [2.24, 2.45) is 0 Å². The van der Waals surface area contributed by atoms with Crippen molar-refractivity contribution in [2.45, 2.75) is 19.9 Å². The molecule has 1 heterocycles. The summed E-state index contributed by atoms with van der Waals surface area (Å²) in [6.07, 6.45) is 1.38. The van der Waals surface area contributed by atoms with Gasteiger partial charge in [-0.15, -0.1) is 0 Å². The zero-order valence-corrected chi connectivity index (χ0v) is 14.4. The van der Waals surface area contributed by atoms with Crippen LogP contribution in [0.4, 0.5) is 5.69 Å². The fraction of sp³-hybridized carbons (Fsp3) is 0.278. The Morgan fingerprint density at radius 1 is 1.16 bits per heavy atom. The molecule has 0 radical (unpaired) electrons. The highest BCUT2D eigenvalue weighted by molar-refractivity contribution is 5.97. The topological polar surface area (TPSA) is 91.7 Å². The number of likely N-dealkylation sites (N-methyl/N-ethyl adjacent to an activating group) is 1. The zero-order chi connectivity index (χ0) is 18.4. The standard InChI is InChI=1S/C18H21N3O4/c1-12-6-8-14(9-7-12)20-16(22)11-21(3)18(24)13(2)19-17(23)15-5-4-10-25-15/h4-10,13H,11H2,1-3H3,(H,19,23)(H,20,22). The van der Waals surface area contributed by atoms with Crippen LogP contribution >= 0.6 is 0 Å². The van der Waals surface area contributed by atoms with Crippen molar-refractivity contribution >= 4 is 23.4 Å².